The third-order valence-corrected chi connectivity index (χ3v) is 4.67. The average Bonchev–Trinajstić information content (AvgIpc) is 2.98. The third-order valence-electron chi connectivity index (χ3n) is 4.67. The van der Waals surface area contributed by atoms with Gasteiger partial charge in [0, 0.05) is 18.6 Å². The maximum absolute atomic E-state index is 12.8. The topological polar surface area (TPSA) is 76.1 Å². The molecule has 0 radical (unpaired) electrons. The van der Waals surface area contributed by atoms with Crippen LogP contribution < -0.4 is 0 Å². The summed E-state index contributed by atoms with van der Waals surface area (Å²) in [6, 6.07) is 7.75. The number of aromatic nitrogens is 3. The SMILES string of the molecule is C[C@H](c1nccnc1-c1ccc(C(F)(F)F)cn1)N1C(=O)c2ccccc2C1=O. The zero-order valence-electron chi connectivity index (χ0n) is 15.0. The molecule has 0 bridgehead atoms. The largest absolute Gasteiger partial charge is 0.417 e. The fourth-order valence-electron chi connectivity index (χ4n) is 3.24. The molecule has 0 saturated heterocycles. The van der Waals surface area contributed by atoms with Crippen LogP contribution in [0.3, 0.4) is 0 Å². The maximum Gasteiger partial charge on any atom is 0.417 e. The van der Waals surface area contributed by atoms with Gasteiger partial charge in [0.05, 0.1) is 34.1 Å². The lowest BCUT2D eigenvalue weighted by Gasteiger charge is -2.23. The Labute approximate surface area is 163 Å². The van der Waals surface area contributed by atoms with E-state index in [9.17, 15) is 22.8 Å². The average molecular weight is 398 g/mol. The molecular formula is C20H13F3N4O2. The van der Waals surface area contributed by atoms with Gasteiger partial charge in [0.2, 0.25) is 0 Å². The third kappa shape index (κ3) is 3.14. The van der Waals surface area contributed by atoms with Gasteiger partial charge in [-0.05, 0) is 31.2 Å². The van der Waals surface area contributed by atoms with E-state index in [1.165, 1.54) is 18.5 Å². The highest BCUT2D eigenvalue weighted by atomic mass is 19.4. The highest BCUT2D eigenvalue weighted by molar-refractivity contribution is 6.21. The number of alkyl halides is 3. The lowest BCUT2D eigenvalue weighted by Crippen LogP contribution is -2.33. The number of benzene rings is 1. The number of halogens is 3. The van der Waals surface area contributed by atoms with Crippen molar-refractivity contribution < 1.29 is 22.8 Å². The molecule has 0 aliphatic carbocycles. The van der Waals surface area contributed by atoms with Crippen molar-refractivity contribution in [1.29, 1.82) is 0 Å². The second-order valence-electron chi connectivity index (χ2n) is 6.42. The normalized spacial score (nSPS) is 14.8. The Morgan fingerprint density at radius 3 is 2.07 bits per heavy atom. The summed E-state index contributed by atoms with van der Waals surface area (Å²) in [5.74, 6) is -0.926. The number of hydrogen-bond donors (Lipinski definition) is 0. The lowest BCUT2D eigenvalue weighted by atomic mass is 10.1. The first-order valence-corrected chi connectivity index (χ1v) is 8.60. The summed E-state index contributed by atoms with van der Waals surface area (Å²) < 4.78 is 38.4. The van der Waals surface area contributed by atoms with E-state index in [1.807, 2.05) is 0 Å². The number of fused-ring (bicyclic) bond motifs is 1. The quantitative estimate of drug-likeness (QED) is 0.625. The molecule has 6 nitrogen and oxygen atoms in total. The van der Waals surface area contributed by atoms with Crippen LogP contribution in [0.5, 0.6) is 0 Å². The van der Waals surface area contributed by atoms with Crippen LogP contribution in [0.1, 0.15) is 44.9 Å². The Kier molecular flexibility index (Phi) is 4.37. The summed E-state index contributed by atoms with van der Waals surface area (Å²) in [5.41, 5.74) is 0.314. The minimum atomic E-state index is -4.51. The first-order valence-electron chi connectivity index (χ1n) is 8.60. The summed E-state index contributed by atoms with van der Waals surface area (Å²) in [7, 11) is 0. The minimum Gasteiger partial charge on any atom is -0.269 e. The molecule has 2 aromatic heterocycles. The van der Waals surface area contributed by atoms with Crippen molar-refractivity contribution in [3.63, 3.8) is 0 Å². The summed E-state index contributed by atoms with van der Waals surface area (Å²) in [6.07, 6.45) is -1.05. The number of hydrogen-bond acceptors (Lipinski definition) is 5. The smallest absolute Gasteiger partial charge is 0.269 e. The monoisotopic (exact) mass is 398 g/mol. The molecule has 4 rings (SSSR count). The number of amides is 2. The van der Waals surface area contributed by atoms with Gasteiger partial charge in [-0.2, -0.15) is 13.2 Å². The van der Waals surface area contributed by atoms with Gasteiger partial charge in [0.1, 0.15) is 5.69 Å². The molecule has 146 valence electrons. The molecule has 1 aliphatic heterocycles. The summed E-state index contributed by atoms with van der Waals surface area (Å²) in [5, 5.41) is 0. The van der Waals surface area contributed by atoms with Crippen molar-refractivity contribution in [3.8, 4) is 11.4 Å². The van der Waals surface area contributed by atoms with Crippen molar-refractivity contribution in [3.05, 3.63) is 77.4 Å². The molecule has 29 heavy (non-hydrogen) atoms. The van der Waals surface area contributed by atoms with Crippen LogP contribution in [0.2, 0.25) is 0 Å². The summed E-state index contributed by atoms with van der Waals surface area (Å²) >= 11 is 0. The number of pyridine rings is 1. The first kappa shape index (κ1) is 18.7. The Morgan fingerprint density at radius 1 is 0.897 bits per heavy atom. The fourth-order valence-corrected chi connectivity index (χ4v) is 3.24. The molecule has 0 unspecified atom stereocenters. The Balaban J connectivity index is 1.73. The molecule has 1 aliphatic rings. The molecule has 2 amide bonds. The van der Waals surface area contributed by atoms with Crippen LogP contribution in [0.25, 0.3) is 11.4 Å². The number of rotatable bonds is 3. The van der Waals surface area contributed by atoms with Crippen LogP contribution >= 0.6 is 0 Å². The molecule has 1 aromatic carbocycles. The van der Waals surface area contributed by atoms with Crippen LogP contribution in [-0.4, -0.2) is 31.7 Å². The van der Waals surface area contributed by atoms with Crippen molar-refractivity contribution in [1.82, 2.24) is 19.9 Å². The molecule has 9 heteroatoms. The number of carbonyl (C=O) groups is 2. The van der Waals surface area contributed by atoms with E-state index >= 15 is 0 Å². The number of nitrogens with zero attached hydrogens (tertiary/aromatic N) is 4. The molecule has 1 atom stereocenters. The van der Waals surface area contributed by atoms with Crippen LogP contribution in [0.15, 0.2) is 55.0 Å². The summed E-state index contributed by atoms with van der Waals surface area (Å²) in [6.45, 7) is 1.61. The molecule has 0 spiro atoms. The van der Waals surface area contributed by atoms with E-state index in [1.54, 1.807) is 31.2 Å². The van der Waals surface area contributed by atoms with Crippen molar-refractivity contribution in [2.75, 3.05) is 0 Å². The van der Waals surface area contributed by atoms with E-state index in [4.69, 9.17) is 0 Å². The Bertz CT molecular complexity index is 1080. The van der Waals surface area contributed by atoms with Gasteiger partial charge < -0.3 is 0 Å². The number of imide groups is 1. The molecule has 3 aromatic rings. The van der Waals surface area contributed by atoms with E-state index in [-0.39, 0.29) is 17.1 Å². The van der Waals surface area contributed by atoms with Gasteiger partial charge in [0.15, 0.2) is 0 Å². The fraction of sp³-hybridized carbons (Fsp3) is 0.150. The van der Waals surface area contributed by atoms with Crippen molar-refractivity contribution in [2.45, 2.75) is 19.1 Å². The number of carbonyl (C=O) groups excluding carboxylic acids is 2. The molecule has 0 saturated carbocycles. The second-order valence-corrected chi connectivity index (χ2v) is 6.42. The zero-order valence-corrected chi connectivity index (χ0v) is 15.0. The van der Waals surface area contributed by atoms with Gasteiger partial charge in [-0.25, -0.2) is 0 Å². The Morgan fingerprint density at radius 2 is 1.52 bits per heavy atom. The van der Waals surface area contributed by atoms with Crippen LogP contribution in [0, 0.1) is 0 Å². The molecule has 3 heterocycles. The van der Waals surface area contributed by atoms with Gasteiger partial charge in [-0.15, -0.1) is 0 Å². The van der Waals surface area contributed by atoms with Crippen molar-refractivity contribution >= 4 is 11.8 Å². The summed E-state index contributed by atoms with van der Waals surface area (Å²) in [4.78, 5) is 38.8. The van der Waals surface area contributed by atoms with Crippen molar-refractivity contribution in [2.24, 2.45) is 0 Å². The van der Waals surface area contributed by atoms with E-state index < -0.39 is 29.6 Å². The lowest BCUT2D eigenvalue weighted by molar-refractivity contribution is -0.137. The van der Waals surface area contributed by atoms with Gasteiger partial charge in [-0.3, -0.25) is 29.4 Å². The molecule has 0 fully saturated rings. The molecule has 0 N–H and O–H groups in total. The van der Waals surface area contributed by atoms with Crippen LogP contribution in [-0.2, 0) is 6.18 Å². The van der Waals surface area contributed by atoms with E-state index in [2.05, 4.69) is 15.0 Å². The van der Waals surface area contributed by atoms with Crippen LogP contribution in [0.4, 0.5) is 13.2 Å². The maximum atomic E-state index is 12.8. The first-order chi connectivity index (χ1) is 13.8. The van der Waals surface area contributed by atoms with Gasteiger partial charge in [-0.1, -0.05) is 12.1 Å². The minimum absolute atomic E-state index is 0.157. The van der Waals surface area contributed by atoms with Gasteiger partial charge >= 0.3 is 6.18 Å². The van der Waals surface area contributed by atoms with E-state index in [0.717, 1.165) is 11.0 Å². The highest BCUT2D eigenvalue weighted by Crippen LogP contribution is 2.34. The molecular weight excluding hydrogens is 385 g/mol. The predicted molar refractivity (Wildman–Crippen MR) is 95.6 cm³/mol. The zero-order chi connectivity index (χ0) is 20.8. The highest BCUT2D eigenvalue weighted by Gasteiger charge is 2.40. The standard InChI is InChI=1S/C20H13F3N4O2/c1-11(27-18(28)13-4-2-3-5-14(13)19(27)29)16-17(25-9-8-24-16)15-7-6-12(10-26-15)20(21,22)23/h2-11H,1H3/t11-/m1/s1. The Hall–Kier alpha value is -3.62. The second kappa shape index (κ2) is 6.77. The van der Waals surface area contributed by atoms with E-state index in [0.29, 0.717) is 17.3 Å². The van der Waals surface area contributed by atoms with Gasteiger partial charge in [0.25, 0.3) is 11.8 Å². The predicted octanol–water partition coefficient (Wildman–Crippen LogP) is 3.91.